The van der Waals surface area contributed by atoms with Crippen molar-refractivity contribution in [3.8, 4) is 5.75 Å². The van der Waals surface area contributed by atoms with Gasteiger partial charge >= 0.3 is 12.1 Å². The van der Waals surface area contributed by atoms with Crippen LogP contribution in [0.1, 0.15) is 56.1 Å². The summed E-state index contributed by atoms with van der Waals surface area (Å²) in [6, 6.07) is 11.9. The Balaban J connectivity index is 1.09. The third kappa shape index (κ3) is 7.65. The number of amides is 4. The topological polar surface area (TPSA) is 106 Å². The molecule has 2 N–H and O–H groups in total. The quantitative estimate of drug-likeness (QED) is 0.375. The van der Waals surface area contributed by atoms with Gasteiger partial charge in [0.25, 0.3) is 5.91 Å². The number of piperazine rings is 1. The SMILES string of the molecule is O=C(OC(Cc1cc(Br)c(O)c(Br)c1)C(=O)N1CCN(C2CCCCC2)CC1)N1CCC(N2CCc3ccccc3NC2=O)CC1. The summed E-state index contributed by atoms with van der Waals surface area (Å²) >= 11 is 6.77. The van der Waals surface area contributed by atoms with Crippen LogP contribution in [0.25, 0.3) is 0 Å². The second-order valence-electron chi connectivity index (χ2n) is 12.9. The van der Waals surface area contributed by atoms with E-state index in [0.29, 0.717) is 60.6 Å². The minimum absolute atomic E-state index is 0.0166. The summed E-state index contributed by atoms with van der Waals surface area (Å²) in [4.78, 5) is 48.5. The molecule has 3 aliphatic heterocycles. The molecule has 3 heterocycles. The molecule has 1 saturated carbocycles. The Morgan fingerprint density at radius 1 is 0.870 bits per heavy atom. The zero-order chi connectivity index (χ0) is 32.2. The van der Waals surface area contributed by atoms with Gasteiger partial charge in [0.1, 0.15) is 5.75 Å². The molecule has 1 unspecified atom stereocenters. The molecule has 248 valence electrons. The van der Waals surface area contributed by atoms with Gasteiger partial charge in [-0.1, -0.05) is 37.5 Å². The minimum Gasteiger partial charge on any atom is -0.506 e. The van der Waals surface area contributed by atoms with Gasteiger partial charge in [0.15, 0.2) is 6.10 Å². The summed E-state index contributed by atoms with van der Waals surface area (Å²) in [7, 11) is 0. The van der Waals surface area contributed by atoms with E-state index in [1.165, 1.54) is 32.1 Å². The first kappa shape index (κ1) is 33.1. The Labute approximate surface area is 287 Å². The second-order valence-corrected chi connectivity index (χ2v) is 14.6. The normalized spacial score (nSPS) is 20.9. The highest BCUT2D eigenvalue weighted by atomic mass is 79.9. The molecule has 4 amide bonds. The Morgan fingerprint density at radius 3 is 2.24 bits per heavy atom. The average Bonchev–Trinajstić information content (AvgIpc) is 3.25. The van der Waals surface area contributed by atoms with Gasteiger partial charge in [0.2, 0.25) is 0 Å². The summed E-state index contributed by atoms with van der Waals surface area (Å²) in [6.07, 6.45) is 7.05. The average molecular weight is 762 g/mol. The number of hydrogen-bond acceptors (Lipinski definition) is 6. The number of rotatable bonds is 6. The molecule has 2 saturated heterocycles. The first-order valence-electron chi connectivity index (χ1n) is 16.6. The molecule has 3 fully saturated rings. The molecular formula is C34H43Br2N5O5. The van der Waals surface area contributed by atoms with E-state index in [9.17, 15) is 19.5 Å². The van der Waals surface area contributed by atoms with Crippen LogP contribution in [0.15, 0.2) is 45.3 Å². The number of ether oxygens (including phenoxy) is 1. The van der Waals surface area contributed by atoms with E-state index in [4.69, 9.17) is 4.74 Å². The van der Waals surface area contributed by atoms with Gasteiger partial charge in [-0.25, -0.2) is 9.59 Å². The molecule has 0 radical (unpaired) electrons. The van der Waals surface area contributed by atoms with Crippen LogP contribution < -0.4 is 5.32 Å². The summed E-state index contributed by atoms with van der Waals surface area (Å²) in [5, 5.41) is 13.3. The predicted octanol–water partition coefficient (Wildman–Crippen LogP) is 6.00. The Hall–Kier alpha value is -2.83. The number of aromatic hydroxyl groups is 1. The lowest BCUT2D eigenvalue weighted by atomic mass is 9.94. The number of urea groups is 1. The van der Waals surface area contributed by atoms with Gasteiger partial charge in [0.05, 0.1) is 8.95 Å². The molecule has 1 aliphatic carbocycles. The molecule has 0 spiro atoms. The van der Waals surface area contributed by atoms with E-state index in [0.717, 1.165) is 36.3 Å². The maximum atomic E-state index is 13.9. The molecule has 6 rings (SSSR count). The number of carbonyl (C=O) groups excluding carboxylic acids is 3. The predicted molar refractivity (Wildman–Crippen MR) is 183 cm³/mol. The Morgan fingerprint density at radius 2 is 1.54 bits per heavy atom. The monoisotopic (exact) mass is 759 g/mol. The van der Waals surface area contributed by atoms with Crippen LogP contribution in [-0.2, 0) is 22.4 Å². The number of carbonyl (C=O) groups is 3. The first-order valence-corrected chi connectivity index (χ1v) is 18.2. The molecule has 46 heavy (non-hydrogen) atoms. The number of nitrogens with one attached hydrogen (secondary N) is 1. The van der Waals surface area contributed by atoms with E-state index in [-0.39, 0.29) is 30.2 Å². The van der Waals surface area contributed by atoms with Crippen LogP contribution in [0.3, 0.4) is 0 Å². The smallest absolute Gasteiger partial charge is 0.410 e. The van der Waals surface area contributed by atoms with Gasteiger partial charge in [-0.15, -0.1) is 0 Å². The number of benzene rings is 2. The fourth-order valence-corrected chi connectivity index (χ4v) is 8.66. The fraction of sp³-hybridized carbons (Fsp3) is 0.559. The van der Waals surface area contributed by atoms with E-state index in [2.05, 4.69) is 42.1 Å². The van der Waals surface area contributed by atoms with Gasteiger partial charge in [-0.2, -0.15) is 0 Å². The van der Waals surface area contributed by atoms with Gasteiger partial charge < -0.3 is 29.9 Å². The summed E-state index contributed by atoms with van der Waals surface area (Å²) in [5.41, 5.74) is 2.74. The second kappa shape index (κ2) is 14.9. The van der Waals surface area contributed by atoms with E-state index in [1.54, 1.807) is 17.0 Å². The van der Waals surface area contributed by atoms with Crippen LogP contribution in [0.2, 0.25) is 0 Å². The van der Waals surface area contributed by atoms with Crippen molar-refractivity contribution in [3.05, 3.63) is 56.5 Å². The largest absolute Gasteiger partial charge is 0.506 e. The number of para-hydroxylation sites is 1. The summed E-state index contributed by atoms with van der Waals surface area (Å²) in [5.74, 6) is -0.111. The van der Waals surface area contributed by atoms with Gasteiger partial charge in [-0.3, -0.25) is 9.69 Å². The maximum Gasteiger partial charge on any atom is 0.410 e. The van der Waals surface area contributed by atoms with Crippen molar-refractivity contribution in [3.63, 3.8) is 0 Å². The van der Waals surface area contributed by atoms with Crippen molar-refractivity contribution in [2.24, 2.45) is 0 Å². The zero-order valence-electron chi connectivity index (χ0n) is 26.1. The molecule has 0 bridgehead atoms. The van der Waals surface area contributed by atoms with Crippen molar-refractivity contribution in [2.75, 3.05) is 51.1 Å². The van der Waals surface area contributed by atoms with Crippen LogP contribution in [-0.4, -0.2) is 107 Å². The van der Waals surface area contributed by atoms with Crippen molar-refractivity contribution in [2.45, 2.75) is 76.0 Å². The third-order valence-corrected chi connectivity index (χ3v) is 11.2. The van der Waals surface area contributed by atoms with Crippen molar-refractivity contribution < 1.29 is 24.2 Å². The molecular weight excluding hydrogens is 718 g/mol. The van der Waals surface area contributed by atoms with Crippen LogP contribution in [0.5, 0.6) is 5.75 Å². The number of likely N-dealkylation sites (tertiary alicyclic amines) is 1. The number of hydrogen-bond donors (Lipinski definition) is 2. The minimum atomic E-state index is -0.996. The van der Waals surface area contributed by atoms with Crippen LogP contribution >= 0.6 is 31.9 Å². The highest BCUT2D eigenvalue weighted by molar-refractivity contribution is 9.11. The summed E-state index contributed by atoms with van der Waals surface area (Å²) < 4.78 is 7.02. The number of piperidine rings is 1. The van der Waals surface area contributed by atoms with Crippen LogP contribution in [0, 0.1) is 0 Å². The van der Waals surface area contributed by atoms with Crippen LogP contribution in [0.4, 0.5) is 15.3 Å². The molecule has 1 atom stereocenters. The third-order valence-electron chi connectivity index (χ3n) is 10.0. The lowest BCUT2D eigenvalue weighted by Crippen LogP contribution is -2.55. The van der Waals surface area contributed by atoms with Crippen molar-refractivity contribution in [1.29, 1.82) is 0 Å². The highest BCUT2D eigenvalue weighted by Gasteiger charge is 2.36. The first-order chi connectivity index (χ1) is 22.3. The number of anilines is 1. The number of phenolic OH excluding ortho intramolecular Hbond substituents is 1. The summed E-state index contributed by atoms with van der Waals surface area (Å²) in [6.45, 7) is 4.39. The molecule has 4 aliphatic rings. The lowest BCUT2D eigenvalue weighted by Gasteiger charge is -2.41. The van der Waals surface area contributed by atoms with E-state index >= 15 is 0 Å². The zero-order valence-corrected chi connectivity index (χ0v) is 29.3. The van der Waals surface area contributed by atoms with Crippen molar-refractivity contribution >= 4 is 55.6 Å². The number of fused-ring (bicyclic) bond motifs is 1. The molecule has 10 nitrogen and oxygen atoms in total. The lowest BCUT2D eigenvalue weighted by molar-refractivity contribution is -0.143. The maximum absolute atomic E-state index is 13.9. The number of nitrogens with zero attached hydrogens (tertiary/aromatic N) is 4. The molecule has 2 aromatic carbocycles. The van der Waals surface area contributed by atoms with Gasteiger partial charge in [-0.05, 0) is 93.3 Å². The Kier molecular flexibility index (Phi) is 10.7. The van der Waals surface area contributed by atoms with E-state index in [1.807, 2.05) is 34.1 Å². The molecule has 12 heteroatoms. The Bertz CT molecular complexity index is 1400. The molecule has 0 aromatic heterocycles. The standard InChI is InChI=1S/C34H43Br2N5O5/c35-27-20-23(21-28(36)31(27)42)22-30(32(43)39-18-16-38(17-19-39)25-7-2-1-3-8-25)46-34(45)40-13-11-26(12-14-40)41-15-10-24-6-4-5-9-29(24)37-33(41)44/h4-6,9,20-21,25-26,30,42H,1-3,7-8,10-19,22H2,(H,37,44). The highest BCUT2D eigenvalue weighted by Crippen LogP contribution is 2.34. The fourth-order valence-electron chi connectivity index (χ4n) is 7.38. The van der Waals surface area contributed by atoms with Crippen molar-refractivity contribution in [1.82, 2.24) is 19.6 Å². The number of halogens is 2. The number of phenols is 1. The van der Waals surface area contributed by atoms with Gasteiger partial charge in [0, 0.05) is 70.0 Å². The van der Waals surface area contributed by atoms with E-state index < -0.39 is 12.2 Å². The molecule has 2 aromatic rings.